The second-order valence-corrected chi connectivity index (χ2v) is 6.11. The van der Waals surface area contributed by atoms with E-state index in [1.807, 2.05) is 6.07 Å². The molecule has 0 N–H and O–H groups in total. The molecule has 3 aromatic rings. The molecular weight excluding hydrogens is 353 g/mol. The minimum absolute atomic E-state index is 0.0123. The van der Waals surface area contributed by atoms with Crippen LogP contribution in [-0.4, -0.2) is 10.4 Å². The summed E-state index contributed by atoms with van der Waals surface area (Å²) < 4.78 is 5.74. The summed E-state index contributed by atoms with van der Waals surface area (Å²) in [5, 5.41) is 0.316. The number of rotatable bonds is 3. The van der Waals surface area contributed by atoms with Crippen molar-refractivity contribution in [2.24, 2.45) is 0 Å². The number of ketones is 1. The zero-order chi connectivity index (χ0) is 17.4. The fraction of sp³-hybridized carbons (Fsp3) is 0.118. The van der Waals surface area contributed by atoms with Crippen LogP contribution in [0.25, 0.3) is 10.9 Å². The van der Waals surface area contributed by atoms with Gasteiger partial charge in [0.05, 0.1) is 17.1 Å². The molecule has 0 fully saturated rings. The first kappa shape index (κ1) is 16.5. The van der Waals surface area contributed by atoms with Crippen molar-refractivity contribution < 1.29 is 9.21 Å². The molecule has 0 spiro atoms. The number of fused-ring (bicyclic) bond motifs is 1. The summed E-state index contributed by atoms with van der Waals surface area (Å²) >= 11 is 12.0. The van der Waals surface area contributed by atoms with Crippen molar-refractivity contribution in [2.75, 3.05) is 0 Å². The molecule has 0 aliphatic heterocycles. The van der Waals surface area contributed by atoms with Crippen LogP contribution in [0, 0.1) is 6.92 Å². The molecule has 1 heterocycles. The number of nitrogens with zero attached hydrogens (tertiary/aromatic N) is 1. The summed E-state index contributed by atoms with van der Waals surface area (Å²) in [6, 6.07) is 9.80. The number of hydrogen-bond donors (Lipinski definition) is 0. The van der Waals surface area contributed by atoms with Crippen molar-refractivity contribution in [1.29, 1.82) is 0 Å². The Kier molecular flexibility index (Phi) is 4.30. The zero-order valence-electron chi connectivity index (χ0n) is 12.5. The van der Waals surface area contributed by atoms with E-state index < -0.39 is 11.4 Å². The molecule has 0 saturated carbocycles. The lowest BCUT2D eigenvalue weighted by molar-refractivity contribution is 0.0968. The summed E-state index contributed by atoms with van der Waals surface area (Å²) in [5.74, 6) is -1.23. The van der Waals surface area contributed by atoms with Crippen molar-refractivity contribution in [3.63, 3.8) is 0 Å². The van der Waals surface area contributed by atoms with Gasteiger partial charge in [-0.1, -0.05) is 47.5 Å². The molecule has 0 atom stereocenters. The number of aryl methyl sites for hydroxylation is 1. The summed E-state index contributed by atoms with van der Waals surface area (Å²) in [6.07, 6.45) is 0. The number of carbonyl (C=O) groups is 1. The highest BCUT2D eigenvalue weighted by molar-refractivity contribution is 6.38. The lowest BCUT2D eigenvalue weighted by atomic mass is 10.0. The topological polar surface area (TPSA) is 69.3 Å². The van der Waals surface area contributed by atoms with Gasteiger partial charge in [0.2, 0.25) is 0 Å². The molecule has 0 radical (unpaired) electrons. The van der Waals surface area contributed by atoms with Gasteiger partial charge in [0.1, 0.15) is 5.39 Å². The quantitative estimate of drug-likeness (QED) is 0.668. The first-order valence-corrected chi connectivity index (χ1v) is 7.75. The molecule has 122 valence electrons. The fourth-order valence-electron chi connectivity index (χ4n) is 2.52. The normalized spacial score (nSPS) is 11.0. The first-order valence-electron chi connectivity index (χ1n) is 7.00. The van der Waals surface area contributed by atoms with E-state index in [0.29, 0.717) is 5.56 Å². The molecular formula is C17H11Cl2NO4. The Balaban J connectivity index is 2.20. The van der Waals surface area contributed by atoms with Gasteiger partial charge in [-0.25, -0.2) is 9.59 Å². The minimum Gasteiger partial charge on any atom is -0.372 e. The maximum atomic E-state index is 12.5. The molecule has 2 aromatic carbocycles. The van der Waals surface area contributed by atoms with Crippen LogP contribution in [0.5, 0.6) is 0 Å². The van der Waals surface area contributed by atoms with Gasteiger partial charge in [0.25, 0.3) is 0 Å². The van der Waals surface area contributed by atoms with Crippen molar-refractivity contribution in [2.45, 2.75) is 13.5 Å². The number of carbonyl (C=O) groups excluding carboxylic acids is 1. The molecule has 5 nitrogen and oxygen atoms in total. The Labute approximate surface area is 146 Å². The third-order valence-electron chi connectivity index (χ3n) is 3.68. The van der Waals surface area contributed by atoms with Gasteiger partial charge in [-0.05, 0) is 24.6 Å². The maximum absolute atomic E-state index is 12.5. The number of hydrogen-bond acceptors (Lipinski definition) is 4. The van der Waals surface area contributed by atoms with Crippen molar-refractivity contribution in [3.05, 3.63) is 78.5 Å². The van der Waals surface area contributed by atoms with Crippen LogP contribution in [0.1, 0.15) is 15.9 Å². The average Bonchev–Trinajstić information content (AvgIpc) is 2.50. The highest BCUT2D eigenvalue weighted by Gasteiger charge is 2.17. The van der Waals surface area contributed by atoms with E-state index in [1.54, 1.807) is 25.1 Å². The third kappa shape index (κ3) is 2.88. The van der Waals surface area contributed by atoms with Gasteiger partial charge in [0, 0.05) is 10.6 Å². The minimum atomic E-state index is -0.937. The van der Waals surface area contributed by atoms with Crippen LogP contribution in [0.4, 0.5) is 0 Å². The lowest BCUT2D eigenvalue weighted by Crippen LogP contribution is -2.28. The summed E-state index contributed by atoms with van der Waals surface area (Å²) in [5.41, 5.74) is 0.567. The Bertz CT molecular complexity index is 1080. The van der Waals surface area contributed by atoms with E-state index in [0.717, 1.165) is 10.1 Å². The van der Waals surface area contributed by atoms with Gasteiger partial charge >= 0.3 is 11.4 Å². The van der Waals surface area contributed by atoms with E-state index in [9.17, 15) is 14.4 Å². The Morgan fingerprint density at radius 3 is 2.58 bits per heavy atom. The van der Waals surface area contributed by atoms with Crippen molar-refractivity contribution in [3.8, 4) is 0 Å². The highest BCUT2D eigenvalue weighted by atomic mass is 35.5. The second-order valence-electron chi connectivity index (χ2n) is 5.26. The third-order valence-corrected chi connectivity index (χ3v) is 4.19. The number of halogens is 2. The molecule has 0 saturated heterocycles. The Morgan fingerprint density at radius 2 is 1.88 bits per heavy atom. The van der Waals surface area contributed by atoms with E-state index in [4.69, 9.17) is 23.2 Å². The predicted molar refractivity (Wildman–Crippen MR) is 92.3 cm³/mol. The van der Waals surface area contributed by atoms with Crippen molar-refractivity contribution in [1.82, 2.24) is 4.57 Å². The first-order chi connectivity index (χ1) is 11.4. The molecule has 0 amide bonds. The van der Waals surface area contributed by atoms with Crippen LogP contribution in [0.15, 0.2) is 50.4 Å². The molecule has 0 unspecified atom stereocenters. The van der Waals surface area contributed by atoms with Crippen LogP contribution >= 0.6 is 23.2 Å². The smallest absolute Gasteiger partial charge is 0.372 e. The van der Waals surface area contributed by atoms with Gasteiger partial charge in [0.15, 0.2) is 5.78 Å². The molecule has 0 aliphatic carbocycles. The zero-order valence-corrected chi connectivity index (χ0v) is 14.0. The predicted octanol–water partition coefficient (Wildman–Crippen LogP) is 3.45. The standard InChI is InChI=1S/C17H11Cl2NO4/c1-9-4-2-3-5-11(9)14(21)8-20-13-7-10(18)6-12(19)15(13)16(22)24-17(20)23/h2-7H,8H2,1H3. The van der Waals surface area contributed by atoms with Gasteiger partial charge < -0.3 is 4.42 Å². The monoisotopic (exact) mass is 363 g/mol. The summed E-state index contributed by atoms with van der Waals surface area (Å²) in [6.45, 7) is 1.51. The lowest BCUT2D eigenvalue weighted by Gasteiger charge is -2.10. The van der Waals surface area contributed by atoms with Crippen LogP contribution in [-0.2, 0) is 6.54 Å². The molecule has 24 heavy (non-hydrogen) atoms. The summed E-state index contributed by atoms with van der Waals surface area (Å²) in [4.78, 5) is 36.5. The molecule has 0 aliphatic rings. The van der Waals surface area contributed by atoms with E-state index in [2.05, 4.69) is 4.42 Å². The SMILES string of the molecule is Cc1ccccc1C(=O)Cn1c(=O)oc(=O)c2c(Cl)cc(Cl)cc21. The van der Waals surface area contributed by atoms with E-state index >= 15 is 0 Å². The largest absolute Gasteiger partial charge is 0.422 e. The maximum Gasteiger partial charge on any atom is 0.422 e. The molecule has 7 heteroatoms. The number of benzene rings is 2. The number of aromatic nitrogens is 1. The average molecular weight is 364 g/mol. The highest BCUT2D eigenvalue weighted by Crippen LogP contribution is 2.25. The van der Waals surface area contributed by atoms with E-state index in [1.165, 1.54) is 12.1 Å². The van der Waals surface area contributed by atoms with Gasteiger partial charge in [-0.3, -0.25) is 9.36 Å². The fourth-order valence-corrected chi connectivity index (χ4v) is 3.08. The van der Waals surface area contributed by atoms with Crippen LogP contribution in [0.2, 0.25) is 10.0 Å². The summed E-state index contributed by atoms with van der Waals surface area (Å²) in [7, 11) is 0. The second kappa shape index (κ2) is 6.26. The van der Waals surface area contributed by atoms with Crippen LogP contribution < -0.4 is 11.4 Å². The van der Waals surface area contributed by atoms with E-state index in [-0.39, 0.29) is 33.3 Å². The molecule has 1 aromatic heterocycles. The van der Waals surface area contributed by atoms with Crippen molar-refractivity contribution >= 4 is 39.9 Å². The molecule has 0 bridgehead atoms. The Hall–Kier alpha value is -2.37. The Morgan fingerprint density at radius 1 is 1.17 bits per heavy atom. The van der Waals surface area contributed by atoms with Gasteiger partial charge in [-0.15, -0.1) is 0 Å². The number of Topliss-reactive ketones (excluding diaryl/α,β-unsaturated/α-hetero) is 1. The molecule has 3 rings (SSSR count). The van der Waals surface area contributed by atoms with Crippen LogP contribution in [0.3, 0.4) is 0 Å². The van der Waals surface area contributed by atoms with Gasteiger partial charge in [-0.2, -0.15) is 0 Å².